The van der Waals surface area contributed by atoms with Gasteiger partial charge in [-0.15, -0.1) is 0 Å². The van der Waals surface area contributed by atoms with E-state index in [0.717, 1.165) is 11.8 Å². The van der Waals surface area contributed by atoms with E-state index < -0.39 is 10.8 Å². The van der Waals surface area contributed by atoms with E-state index in [1.54, 1.807) is 19.3 Å². The Bertz CT molecular complexity index is 702. The molecule has 8 nitrogen and oxygen atoms in total. The van der Waals surface area contributed by atoms with Gasteiger partial charge >= 0.3 is 0 Å². The van der Waals surface area contributed by atoms with Crippen molar-refractivity contribution in [1.29, 1.82) is 0 Å². The second kappa shape index (κ2) is 5.95. The number of aryl methyl sites for hydroxylation is 1. The van der Waals surface area contributed by atoms with Gasteiger partial charge in [-0.25, -0.2) is 4.98 Å². The Morgan fingerprint density at radius 2 is 2.14 bits per heavy atom. The summed E-state index contributed by atoms with van der Waals surface area (Å²) in [6.45, 7) is 1.82. The highest BCUT2D eigenvalue weighted by Crippen LogP contribution is 2.21. The van der Waals surface area contributed by atoms with Gasteiger partial charge in [-0.1, -0.05) is 0 Å². The first-order chi connectivity index (χ1) is 10.0. The largest absolute Gasteiger partial charge is 0.372 e. The van der Waals surface area contributed by atoms with E-state index in [-0.39, 0.29) is 17.1 Å². The zero-order chi connectivity index (χ0) is 15.4. The molecule has 2 rings (SSSR count). The lowest BCUT2D eigenvalue weighted by atomic mass is 10.2. The van der Waals surface area contributed by atoms with Crippen molar-refractivity contribution in [1.82, 2.24) is 9.97 Å². The number of nitro groups is 1. The van der Waals surface area contributed by atoms with Gasteiger partial charge < -0.3 is 10.6 Å². The van der Waals surface area contributed by atoms with Gasteiger partial charge in [0.1, 0.15) is 12.0 Å². The molecular weight excluding hydrogens is 274 g/mol. The number of hydrogen-bond acceptors (Lipinski definition) is 6. The fraction of sp³-hybridized carbons (Fsp3) is 0.154. The molecule has 1 amide bonds. The van der Waals surface area contributed by atoms with Gasteiger partial charge in [-0.2, -0.15) is 0 Å². The Kier molecular flexibility index (Phi) is 4.07. The van der Waals surface area contributed by atoms with Crippen LogP contribution in [0.3, 0.4) is 0 Å². The summed E-state index contributed by atoms with van der Waals surface area (Å²) in [4.78, 5) is 30.3. The molecule has 0 saturated carbocycles. The first-order valence-corrected chi connectivity index (χ1v) is 6.07. The first kappa shape index (κ1) is 14.4. The molecule has 0 atom stereocenters. The van der Waals surface area contributed by atoms with Gasteiger partial charge in [0.15, 0.2) is 0 Å². The van der Waals surface area contributed by atoms with Crippen LogP contribution in [-0.4, -0.2) is 27.8 Å². The molecule has 0 aromatic carbocycles. The van der Waals surface area contributed by atoms with E-state index in [1.807, 2.05) is 6.92 Å². The van der Waals surface area contributed by atoms with Gasteiger partial charge in [0.25, 0.3) is 11.6 Å². The van der Waals surface area contributed by atoms with Gasteiger partial charge in [0.05, 0.1) is 22.4 Å². The molecule has 0 unspecified atom stereocenters. The molecule has 0 aliphatic heterocycles. The number of nitrogens with zero attached hydrogens (tertiary/aromatic N) is 3. The fourth-order valence-corrected chi connectivity index (χ4v) is 1.71. The number of hydrogen-bond donors (Lipinski definition) is 2. The molecule has 2 N–H and O–H groups in total. The topological polar surface area (TPSA) is 110 Å². The van der Waals surface area contributed by atoms with Crippen molar-refractivity contribution in [3.8, 4) is 0 Å². The molecule has 8 heteroatoms. The van der Waals surface area contributed by atoms with Crippen LogP contribution in [-0.2, 0) is 0 Å². The van der Waals surface area contributed by atoms with Crippen LogP contribution < -0.4 is 10.6 Å². The third-order valence-electron chi connectivity index (χ3n) is 2.85. The number of anilines is 2. The van der Waals surface area contributed by atoms with E-state index in [4.69, 9.17) is 0 Å². The van der Waals surface area contributed by atoms with E-state index in [1.165, 1.54) is 12.3 Å². The molecule has 2 aromatic rings. The highest BCUT2D eigenvalue weighted by Gasteiger charge is 2.18. The Hall–Kier alpha value is -3.03. The van der Waals surface area contributed by atoms with Crippen LogP contribution in [0.25, 0.3) is 0 Å². The summed E-state index contributed by atoms with van der Waals surface area (Å²) < 4.78 is 0. The maximum absolute atomic E-state index is 12.3. The summed E-state index contributed by atoms with van der Waals surface area (Å²) >= 11 is 0. The fourth-order valence-electron chi connectivity index (χ4n) is 1.71. The molecule has 0 spiro atoms. The highest BCUT2D eigenvalue weighted by atomic mass is 16.6. The smallest absolute Gasteiger partial charge is 0.288 e. The van der Waals surface area contributed by atoms with Crippen molar-refractivity contribution in [3.05, 3.63) is 52.0 Å². The summed E-state index contributed by atoms with van der Waals surface area (Å²) in [5, 5.41) is 16.2. The quantitative estimate of drug-likeness (QED) is 0.657. The van der Waals surface area contributed by atoms with E-state index in [9.17, 15) is 14.9 Å². The SMILES string of the molecule is CNc1ncc([N+](=O)[O-])cc1C(=O)Nc1cnccc1C. The highest BCUT2D eigenvalue weighted by molar-refractivity contribution is 6.08. The van der Waals surface area contributed by atoms with Gasteiger partial charge in [0, 0.05) is 19.3 Å². The number of amides is 1. The molecule has 0 bridgehead atoms. The maximum Gasteiger partial charge on any atom is 0.288 e. The van der Waals surface area contributed by atoms with Crippen molar-refractivity contribution >= 4 is 23.1 Å². The number of carbonyl (C=O) groups is 1. The lowest BCUT2D eigenvalue weighted by Crippen LogP contribution is -2.16. The monoisotopic (exact) mass is 287 g/mol. The van der Waals surface area contributed by atoms with Crippen LogP contribution >= 0.6 is 0 Å². The Morgan fingerprint density at radius 3 is 2.76 bits per heavy atom. The molecule has 0 fully saturated rings. The summed E-state index contributed by atoms with van der Waals surface area (Å²) in [7, 11) is 1.58. The maximum atomic E-state index is 12.3. The second-order valence-electron chi connectivity index (χ2n) is 4.24. The Labute approximate surface area is 120 Å². The molecule has 0 radical (unpaired) electrons. The molecule has 0 aliphatic rings. The van der Waals surface area contributed by atoms with Crippen LogP contribution in [0.15, 0.2) is 30.7 Å². The average Bonchev–Trinajstić information content (AvgIpc) is 2.48. The van der Waals surface area contributed by atoms with Crippen LogP contribution in [0.1, 0.15) is 15.9 Å². The number of rotatable bonds is 4. The molecule has 2 heterocycles. The molecule has 108 valence electrons. The number of nitrogens with one attached hydrogen (secondary N) is 2. The predicted molar refractivity (Wildman–Crippen MR) is 77.4 cm³/mol. The van der Waals surface area contributed by atoms with E-state index in [0.29, 0.717) is 5.69 Å². The molecule has 0 saturated heterocycles. The van der Waals surface area contributed by atoms with Crippen LogP contribution in [0.4, 0.5) is 17.2 Å². The minimum atomic E-state index is -0.599. The van der Waals surface area contributed by atoms with Crippen LogP contribution in [0.5, 0.6) is 0 Å². The normalized spacial score (nSPS) is 10.0. The zero-order valence-electron chi connectivity index (χ0n) is 11.5. The van der Waals surface area contributed by atoms with Crippen LogP contribution in [0, 0.1) is 17.0 Å². The molecular formula is C13H13N5O3. The third-order valence-corrected chi connectivity index (χ3v) is 2.85. The van der Waals surface area contributed by atoms with Crippen molar-refractivity contribution in [3.63, 3.8) is 0 Å². The van der Waals surface area contributed by atoms with Gasteiger partial charge in [-0.3, -0.25) is 19.9 Å². The summed E-state index contributed by atoms with van der Waals surface area (Å²) in [5.41, 5.74) is 1.22. The number of carbonyl (C=O) groups excluding carboxylic acids is 1. The van der Waals surface area contributed by atoms with Crippen molar-refractivity contribution in [2.45, 2.75) is 6.92 Å². The van der Waals surface area contributed by atoms with Gasteiger partial charge in [0.2, 0.25) is 0 Å². The first-order valence-electron chi connectivity index (χ1n) is 6.07. The summed E-state index contributed by atoms with van der Waals surface area (Å²) in [6.07, 6.45) is 4.22. The van der Waals surface area contributed by atoms with E-state index in [2.05, 4.69) is 20.6 Å². The lowest BCUT2D eigenvalue weighted by molar-refractivity contribution is -0.385. The number of aromatic nitrogens is 2. The standard InChI is InChI=1S/C13H13N5O3/c1-8-3-4-15-7-11(8)17-13(19)10-5-9(18(20)21)6-16-12(10)14-2/h3-7H,1-2H3,(H,14,16)(H,17,19). The van der Waals surface area contributed by atoms with Crippen molar-refractivity contribution < 1.29 is 9.72 Å². The summed E-state index contributed by atoms with van der Waals surface area (Å²) in [5.74, 6) is -0.230. The lowest BCUT2D eigenvalue weighted by Gasteiger charge is -2.10. The third kappa shape index (κ3) is 3.11. The minimum Gasteiger partial charge on any atom is -0.372 e. The zero-order valence-corrected chi connectivity index (χ0v) is 11.5. The number of pyridine rings is 2. The summed E-state index contributed by atoms with van der Waals surface area (Å²) in [6, 6.07) is 2.93. The van der Waals surface area contributed by atoms with Crippen molar-refractivity contribution in [2.24, 2.45) is 0 Å². The molecule has 21 heavy (non-hydrogen) atoms. The van der Waals surface area contributed by atoms with Crippen molar-refractivity contribution in [2.75, 3.05) is 17.7 Å². The average molecular weight is 287 g/mol. The Morgan fingerprint density at radius 1 is 1.38 bits per heavy atom. The minimum absolute atomic E-state index is 0.0925. The molecule has 2 aromatic heterocycles. The van der Waals surface area contributed by atoms with Crippen LogP contribution in [0.2, 0.25) is 0 Å². The van der Waals surface area contributed by atoms with Gasteiger partial charge in [-0.05, 0) is 18.6 Å². The van der Waals surface area contributed by atoms with E-state index >= 15 is 0 Å². The Balaban J connectivity index is 2.36. The second-order valence-corrected chi connectivity index (χ2v) is 4.24. The molecule has 0 aliphatic carbocycles. The predicted octanol–water partition coefficient (Wildman–Crippen LogP) is 1.99.